The Labute approximate surface area is 108 Å². The summed E-state index contributed by atoms with van der Waals surface area (Å²) in [6.07, 6.45) is 2.13. The van der Waals surface area contributed by atoms with E-state index in [2.05, 4.69) is 41.9 Å². The third kappa shape index (κ3) is 2.32. The molecule has 2 rings (SSSR count). The summed E-state index contributed by atoms with van der Waals surface area (Å²) in [4.78, 5) is 8.59. The third-order valence-corrected chi connectivity index (χ3v) is 3.25. The van der Waals surface area contributed by atoms with Crippen molar-refractivity contribution in [2.24, 2.45) is 10.7 Å². The Balaban J connectivity index is 2.33. The minimum atomic E-state index is 0.260. The average Bonchev–Trinajstić information content (AvgIpc) is 2.38. The Morgan fingerprint density at radius 1 is 1.33 bits per heavy atom. The quantitative estimate of drug-likeness (QED) is 0.884. The van der Waals surface area contributed by atoms with E-state index in [1.165, 1.54) is 0 Å². The first-order chi connectivity index (χ1) is 8.63. The lowest BCUT2D eigenvalue weighted by Gasteiger charge is -2.32. The predicted octanol–water partition coefficient (Wildman–Crippen LogP) is 2.00. The Kier molecular flexibility index (Phi) is 3.55. The van der Waals surface area contributed by atoms with Crippen LogP contribution >= 0.6 is 0 Å². The fourth-order valence-electron chi connectivity index (χ4n) is 2.00. The van der Waals surface area contributed by atoms with Crippen LogP contribution in [-0.2, 0) is 0 Å². The van der Waals surface area contributed by atoms with Gasteiger partial charge in [-0.05, 0) is 32.1 Å². The maximum absolute atomic E-state index is 5.94. The largest absolute Gasteiger partial charge is 0.369 e. The Hall–Kier alpha value is -1.97. The van der Waals surface area contributed by atoms with E-state index in [0.29, 0.717) is 5.96 Å². The van der Waals surface area contributed by atoms with E-state index in [1.54, 1.807) is 0 Å². The second-order valence-corrected chi connectivity index (χ2v) is 4.43. The summed E-state index contributed by atoms with van der Waals surface area (Å²) in [5.74, 6) is 1.49. The fraction of sp³-hybridized carbons (Fsp3) is 0.357. The van der Waals surface area contributed by atoms with Crippen molar-refractivity contribution in [2.45, 2.75) is 19.9 Å². The van der Waals surface area contributed by atoms with Gasteiger partial charge >= 0.3 is 0 Å². The molecule has 0 amide bonds. The highest BCUT2D eigenvalue weighted by molar-refractivity contribution is 5.81. The van der Waals surface area contributed by atoms with Crippen LogP contribution in [-0.4, -0.2) is 30.5 Å². The van der Waals surface area contributed by atoms with Gasteiger partial charge in [-0.3, -0.25) is 0 Å². The molecule has 0 saturated carbocycles. The van der Waals surface area contributed by atoms with Crippen molar-refractivity contribution in [3.05, 3.63) is 42.2 Å². The van der Waals surface area contributed by atoms with E-state index in [4.69, 9.17) is 5.73 Å². The lowest BCUT2D eigenvalue weighted by molar-refractivity contribution is 0.435. The van der Waals surface area contributed by atoms with E-state index >= 15 is 0 Å². The van der Waals surface area contributed by atoms with E-state index in [9.17, 15) is 0 Å². The zero-order valence-corrected chi connectivity index (χ0v) is 11.2. The first-order valence-corrected chi connectivity index (χ1v) is 6.25. The summed E-state index contributed by atoms with van der Waals surface area (Å²) >= 11 is 0. The smallest absolute Gasteiger partial charge is 0.198 e. The molecule has 1 aliphatic heterocycles. The number of nitrogens with zero attached hydrogens (tertiary/aromatic N) is 3. The number of hydrogen-bond donors (Lipinski definition) is 1. The topological polar surface area (TPSA) is 44.9 Å². The van der Waals surface area contributed by atoms with Crippen molar-refractivity contribution in [3.63, 3.8) is 0 Å². The molecule has 0 aliphatic carbocycles. The maximum atomic E-state index is 5.94. The molecule has 0 spiro atoms. The molecule has 1 aromatic rings. The van der Waals surface area contributed by atoms with Crippen LogP contribution in [0, 0.1) is 0 Å². The summed E-state index contributed by atoms with van der Waals surface area (Å²) in [5, 5.41) is 0. The number of nitrogens with two attached hydrogens (primary N) is 1. The minimum absolute atomic E-state index is 0.260. The predicted molar refractivity (Wildman–Crippen MR) is 76.4 cm³/mol. The summed E-state index contributed by atoms with van der Waals surface area (Å²) in [6, 6.07) is 10.5. The molecule has 4 heteroatoms. The molecule has 1 atom stereocenters. The van der Waals surface area contributed by atoms with Crippen LogP contribution in [0.25, 0.3) is 0 Å². The van der Waals surface area contributed by atoms with Crippen molar-refractivity contribution in [3.8, 4) is 0 Å². The van der Waals surface area contributed by atoms with Gasteiger partial charge in [-0.25, -0.2) is 0 Å². The van der Waals surface area contributed by atoms with Crippen molar-refractivity contribution in [2.75, 3.05) is 18.5 Å². The van der Waals surface area contributed by atoms with Crippen molar-refractivity contribution < 1.29 is 0 Å². The van der Waals surface area contributed by atoms with Crippen LogP contribution in [0.4, 0.5) is 5.69 Å². The first-order valence-electron chi connectivity index (χ1n) is 6.25. The number of rotatable bonds is 3. The molecule has 0 radical (unpaired) electrons. The lowest BCUT2D eigenvalue weighted by Crippen LogP contribution is -2.43. The number of likely N-dealkylation sites (N-methyl/N-ethyl adjacent to an activating group) is 1. The van der Waals surface area contributed by atoms with Crippen LogP contribution in [0.15, 0.2) is 47.2 Å². The van der Waals surface area contributed by atoms with Gasteiger partial charge in [0.2, 0.25) is 0 Å². The van der Waals surface area contributed by atoms with Gasteiger partial charge in [0.15, 0.2) is 5.96 Å². The van der Waals surface area contributed by atoms with Crippen LogP contribution in [0.1, 0.15) is 13.8 Å². The standard InChI is InChI=1S/C14H20N4/c1-4-18(12-8-6-5-7-9-12)13-10-11(2)17(3)14(15)16-13/h5-11H,4H2,1-3H3,(H2,15,16). The molecule has 0 aromatic heterocycles. The van der Waals surface area contributed by atoms with Crippen molar-refractivity contribution >= 4 is 11.6 Å². The molecule has 0 bridgehead atoms. The average molecular weight is 244 g/mol. The molecule has 1 heterocycles. The van der Waals surface area contributed by atoms with Gasteiger partial charge in [0.1, 0.15) is 5.82 Å². The highest BCUT2D eigenvalue weighted by Gasteiger charge is 2.19. The Morgan fingerprint density at radius 3 is 2.56 bits per heavy atom. The molecule has 96 valence electrons. The lowest BCUT2D eigenvalue weighted by atomic mass is 10.2. The number of benzene rings is 1. The van der Waals surface area contributed by atoms with Crippen LogP contribution in [0.2, 0.25) is 0 Å². The van der Waals surface area contributed by atoms with Gasteiger partial charge in [0.05, 0.1) is 6.04 Å². The molecule has 0 fully saturated rings. The molecule has 18 heavy (non-hydrogen) atoms. The number of aliphatic imine (C=N–C) groups is 1. The van der Waals surface area contributed by atoms with E-state index in [0.717, 1.165) is 18.1 Å². The minimum Gasteiger partial charge on any atom is -0.369 e. The Bertz CT molecular complexity index is 464. The van der Waals surface area contributed by atoms with Crippen LogP contribution in [0.5, 0.6) is 0 Å². The maximum Gasteiger partial charge on any atom is 0.198 e. The SMILES string of the molecule is CCN(C1=CC(C)N(C)C(N)=N1)c1ccccc1. The number of anilines is 1. The molecule has 1 unspecified atom stereocenters. The summed E-state index contributed by atoms with van der Waals surface area (Å²) in [7, 11) is 1.95. The highest BCUT2D eigenvalue weighted by atomic mass is 15.3. The number of hydrogen-bond acceptors (Lipinski definition) is 4. The van der Waals surface area contributed by atoms with E-state index in [-0.39, 0.29) is 6.04 Å². The van der Waals surface area contributed by atoms with Gasteiger partial charge < -0.3 is 15.5 Å². The first kappa shape index (κ1) is 12.5. The summed E-state index contributed by atoms with van der Waals surface area (Å²) in [5.41, 5.74) is 7.08. The van der Waals surface area contributed by atoms with Crippen molar-refractivity contribution in [1.29, 1.82) is 0 Å². The zero-order chi connectivity index (χ0) is 13.1. The molecule has 1 aliphatic rings. The van der Waals surface area contributed by atoms with Gasteiger partial charge in [-0.15, -0.1) is 0 Å². The molecule has 1 aromatic carbocycles. The molecule has 4 nitrogen and oxygen atoms in total. The normalized spacial score (nSPS) is 19.3. The second-order valence-electron chi connectivity index (χ2n) is 4.43. The van der Waals surface area contributed by atoms with E-state index in [1.807, 2.05) is 30.1 Å². The van der Waals surface area contributed by atoms with E-state index < -0.39 is 0 Å². The summed E-state index contributed by atoms with van der Waals surface area (Å²) < 4.78 is 0. The summed E-state index contributed by atoms with van der Waals surface area (Å²) in [6.45, 7) is 5.09. The fourth-order valence-corrected chi connectivity index (χ4v) is 2.00. The van der Waals surface area contributed by atoms with Gasteiger partial charge in [-0.1, -0.05) is 18.2 Å². The monoisotopic (exact) mass is 244 g/mol. The third-order valence-electron chi connectivity index (χ3n) is 3.25. The molecular weight excluding hydrogens is 224 g/mol. The number of para-hydroxylation sites is 1. The van der Waals surface area contributed by atoms with Crippen LogP contribution < -0.4 is 10.6 Å². The zero-order valence-electron chi connectivity index (χ0n) is 11.2. The van der Waals surface area contributed by atoms with Gasteiger partial charge in [-0.2, -0.15) is 4.99 Å². The van der Waals surface area contributed by atoms with Gasteiger partial charge in [0, 0.05) is 19.3 Å². The number of guanidine groups is 1. The second kappa shape index (κ2) is 5.12. The molecule has 0 saturated heterocycles. The molecule has 2 N–H and O–H groups in total. The molecular formula is C14H20N4. The van der Waals surface area contributed by atoms with Crippen LogP contribution in [0.3, 0.4) is 0 Å². The van der Waals surface area contributed by atoms with Gasteiger partial charge in [0.25, 0.3) is 0 Å². The van der Waals surface area contributed by atoms with Crippen molar-refractivity contribution in [1.82, 2.24) is 4.90 Å². The highest BCUT2D eigenvalue weighted by Crippen LogP contribution is 2.22. The Morgan fingerprint density at radius 2 is 2.00 bits per heavy atom.